The fourth-order valence-electron chi connectivity index (χ4n) is 1.61. The lowest BCUT2D eigenvalue weighted by molar-refractivity contribution is 0.464. The molecule has 0 aliphatic rings. The van der Waals surface area contributed by atoms with Gasteiger partial charge >= 0.3 is 0 Å². The predicted octanol–water partition coefficient (Wildman–Crippen LogP) is 4.60. The van der Waals surface area contributed by atoms with Crippen molar-refractivity contribution in [3.63, 3.8) is 0 Å². The van der Waals surface area contributed by atoms with Gasteiger partial charge < -0.3 is 9.73 Å². The van der Waals surface area contributed by atoms with Gasteiger partial charge in [-0.3, -0.25) is 0 Å². The van der Waals surface area contributed by atoms with E-state index in [0.29, 0.717) is 11.6 Å². The zero-order chi connectivity index (χ0) is 12.4. The molecule has 1 N–H and O–H groups in total. The van der Waals surface area contributed by atoms with Crippen LogP contribution < -0.4 is 5.32 Å². The van der Waals surface area contributed by atoms with Crippen LogP contribution in [0, 0.1) is 0 Å². The Morgan fingerprint density at radius 3 is 3.00 bits per heavy atom. The third kappa shape index (κ3) is 3.12. The molecule has 2 rings (SSSR count). The molecule has 0 saturated heterocycles. The Labute approximate surface area is 114 Å². The Kier molecular flexibility index (Phi) is 3.92. The van der Waals surface area contributed by atoms with E-state index in [1.54, 1.807) is 0 Å². The molecule has 0 amide bonds. The van der Waals surface area contributed by atoms with Gasteiger partial charge in [0.15, 0.2) is 0 Å². The topological polar surface area (TPSA) is 25.2 Å². The van der Waals surface area contributed by atoms with E-state index in [4.69, 9.17) is 16.0 Å². The fourth-order valence-corrected chi connectivity index (χ4v) is 2.07. The lowest BCUT2D eigenvalue weighted by Gasteiger charge is -2.09. The summed E-state index contributed by atoms with van der Waals surface area (Å²) in [6, 6.07) is 8.10. The highest BCUT2D eigenvalue weighted by Gasteiger charge is 2.11. The minimum absolute atomic E-state index is 0.108. The van der Waals surface area contributed by atoms with Crippen molar-refractivity contribution in [2.24, 2.45) is 0 Å². The first-order chi connectivity index (χ1) is 8.06. The van der Waals surface area contributed by atoms with E-state index in [1.807, 2.05) is 31.2 Å². The summed E-state index contributed by atoms with van der Waals surface area (Å²) in [5.41, 5.74) is 0.890. The molecule has 4 heteroatoms. The van der Waals surface area contributed by atoms with Gasteiger partial charge in [0.1, 0.15) is 11.3 Å². The maximum absolute atomic E-state index is 5.76. The normalized spacial score (nSPS) is 12.9. The summed E-state index contributed by atoms with van der Waals surface area (Å²) >= 11 is 9.16. The van der Waals surface area contributed by atoms with E-state index in [-0.39, 0.29) is 6.04 Å². The maximum Gasteiger partial charge on any atom is 0.134 e. The smallest absolute Gasteiger partial charge is 0.134 e. The molecule has 1 aromatic carbocycles. The van der Waals surface area contributed by atoms with Crippen LogP contribution in [0.3, 0.4) is 0 Å². The van der Waals surface area contributed by atoms with Gasteiger partial charge in [-0.25, -0.2) is 0 Å². The largest absolute Gasteiger partial charge is 0.459 e. The van der Waals surface area contributed by atoms with Crippen LogP contribution in [0.2, 0.25) is 0 Å². The monoisotopic (exact) mass is 313 g/mol. The second-order valence-electron chi connectivity index (χ2n) is 3.95. The highest BCUT2D eigenvalue weighted by atomic mass is 79.9. The summed E-state index contributed by atoms with van der Waals surface area (Å²) in [6.07, 6.45) is 0. The summed E-state index contributed by atoms with van der Waals surface area (Å²) in [5.74, 6) is 0.899. The molecule has 1 heterocycles. The number of furan rings is 1. The molecule has 1 aromatic heterocycles. The molecule has 0 radical (unpaired) electrons. The number of hydrogen-bond acceptors (Lipinski definition) is 2. The molecule has 0 fully saturated rings. The lowest BCUT2D eigenvalue weighted by atomic mass is 10.2. The van der Waals surface area contributed by atoms with Crippen LogP contribution in [-0.4, -0.2) is 6.54 Å². The van der Waals surface area contributed by atoms with Crippen molar-refractivity contribution in [3.8, 4) is 0 Å². The molecule has 1 atom stereocenters. The van der Waals surface area contributed by atoms with Crippen LogP contribution >= 0.6 is 27.5 Å². The molecule has 90 valence electrons. The zero-order valence-electron chi connectivity index (χ0n) is 9.47. The van der Waals surface area contributed by atoms with E-state index in [2.05, 4.69) is 27.8 Å². The average Bonchev–Trinajstić information content (AvgIpc) is 2.68. The van der Waals surface area contributed by atoms with Gasteiger partial charge in [-0.05, 0) is 31.2 Å². The van der Waals surface area contributed by atoms with E-state index >= 15 is 0 Å². The van der Waals surface area contributed by atoms with Crippen LogP contribution in [0.25, 0.3) is 11.0 Å². The van der Waals surface area contributed by atoms with Crippen LogP contribution in [0.15, 0.2) is 44.8 Å². The summed E-state index contributed by atoms with van der Waals surface area (Å²) in [7, 11) is 0. The summed E-state index contributed by atoms with van der Waals surface area (Å²) in [5, 5.41) is 4.92. The molecule has 2 aromatic rings. The van der Waals surface area contributed by atoms with Crippen molar-refractivity contribution in [2.45, 2.75) is 13.0 Å². The first-order valence-corrected chi connectivity index (χ1v) is 6.49. The van der Waals surface area contributed by atoms with Crippen molar-refractivity contribution in [1.29, 1.82) is 0 Å². The maximum atomic E-state index is 5.76. The minimum Gasteiger partial charge on any atom is -0.459 e. The lowest BCUT2D eigenvalue weighted by Crippen LogP contribution is -2.19. The summed E-state index contributed by atoms with van der Waals surface area (Å²) in [6.45, 7) is 6.25. The number of nitrogens with one attached hydrogen (secondary N) is 1. The Morgan fingerprint density at radius 1 is 1.53 bits per heavy atom. The number of hydrogen-bond donors (Lipinski definition) is 1. The van der Waals surface area contributed by atoms with E-state index in [9.17, 15) is 0 Å². The van der Waals surface area contributed by atoms with Crippen LogP contribution in [-0.2, 0) is 0 Å². The van der Waals surface area contributed by atoms with Crippen molar-refractivity contribution >= 4 is 38.5 Å². The second-order valence-corrected chi connectivity index (χ2v) is 5.40. The Bertz CT molecular complexity index is 549. The molecular weight excluding hydrogens is 302 g/mol. The molecule has 0 bridgehead atoms. The highest BCUT2D eigenvalue weighted by Crippen LogP contribution is 2.26. The first-order valence-electron chi connectivity index (χ1n) is 5.32. The third-order valence-electron chi connectivity index (χ3n) is 2.52. The van der Waals surface area contributed by atoms with E-state index < -0.39 is 0 Å². The SMILES string of the molecule is C=C(Cl)CNC(C)c1cc2cc(Br)ccc2o1. The summed E-state index contributed by atoms with van der Waals surface area (Å²) < 4.78 is 6.81. The fraction of sp³-hybridized carbons (Fsp3) is 0.231. The number of benzene rings is 1. The second kappa shape index (κ2) is 5.25. The standard InChI is InChI=1S/C13H13BrClNO/c1-8(15)7-16-9(2)13-6-10-5-11(14)3-4-12(10)17-13/h3-6,9,16H,1,7H2,2H3. The molecule has 0 saturated carbocycles. The van der Waals surface area contributed by atoms with Crippen molar-refractivity contribution in [3.05, 3.63) is 46.1 Å². The van der Waals surface area contributed by atoms with Gasteiger partial charge in [0.05, 0.1) is 6.04 Å². The first kappa shape index (κ1) is 12.7. The van der Waals surface area contributed by atoms with Crippen LogP contribution in [0.5, 0.6) is 0 Å². The van der Waals surface area contributed by atoms with E-state index in [0.717, 1.165) is 21.2 Å². The Balaban J connectivity index is 2.21. The van der Waals surface area contributed by atoms with Crippen molar-refractivity contribution < 1.29 is 4.42 Å². The van der Waals surface area contributed by atoms with Gasteiger partial charge in [0.2, 0.25) is 0 Å². The summed E-state index contributed by atoms with van der Waals surface area (Å²) in [4.78, 5) is 0. The van der Waals surface area contributed by atoms with Gasteiger partial charge in [0.25, 0.3) is 0 Å². The zero-order valence-corrected chi connectivity index (χ0v) is 11.8. The number of halogens is 2. The van der Waals surface area contributed by atoms with Crippen LogP contribution in [0.1, 0.15) is 18.7 Å². The van der Waals surface area contributed by atoms with Crippen molar-refractivity contribution in [2.75, 3.05) is 6.54 Å². The van der Waals surface area contributed by atoms with Gasteiger partial charge in [-0.15, -0.1) is 0 Å². The average molecular weight is 315 g/mol. The molecule has 1 unspecified atom stereocenters. The molecule has 0 aliphatic heterocycles. The quantitative estimate of drug-likeness (QED) is 0.892. The Morgan fingerprint density at radius 2 is 2.29 bits per heavy atom. The number of rotatable bonds is 4. The predicted molar refractivity (Wildman–Crippen MR) is 75.3 cm³/mol. The van der Waals surface area contributed by atoms with Gasteiger partial charge in [0, 0.05) is 21.4 Å². The molecular formula is C13H13BrClNO. The molecule has 0 aliphatic carbocycles. The number of fused-ring (bicyclic) bond motifs is 1. The Hall–Kier alpha value is -0.770. The molecule has 0 spiro atoms. The van der Waals surface area contributed by atoms with E-state index in [1.165, 1.54) is 0 Å². The third-order valence-corrected chi connectivity index (χ3v) is 3.15. The van der Waals surface area contributed by atoms with Gasteiger partial charge in [-0.2, -0.15) is 0 Å². The van der Waals surface area contributed by atoms with Crippen LogP contribution in [0.4, 0.5) is 0 Å². The van der Waals surface area contributed by atoms with Gasteiger partial charge in [-0.1, -0.05) is 34.1 Å². The highest BCUT2D eigenvalue weighted by molar-refractivity contribution is 9.10. The van der Waals surface area contributed by atoms with Crippen molar-refractivity contribution in [1.82, 2.24) is 5.32 Å². The molecule has 2 nitrogen and oxygen atoms in total. The molecule has 17 heavy (non-hydrogen) atoms. The minimum atomic E-state index is 0.108.